The zero-order valence-corrected chi connectivity index (χ0v) is 12.8. The number of rotatable bonds is 4. The molecule has 1 heterocycles. The number of nitrogens with zero attached hydrogens (tertiary/aromatic N) is 1. The van der Waals surface area contributed by atoms with Crippen LogP contribution in [-0.2, 0) is 0 Å². The monoisotopic (exact) mass is 252 g/mol. The van der Waals surface area contributed by atoms with Crippen LogP contribution in [0.4, 0.5) is 0 Å². The fourth-order valence-corrected chi connectivity index (χ4v) is 4.05. The molecule has 3 atom stereocenters. The van der Waals surface area contributed by atoms with Crippen molar-refractivity contribution in [2.75, 3.05) is 13.1 Å². The quantitative estimate of drug-likeness (QED) is 0.825. The summed E-state index contributed by atoms with van der Waals surface area (Å²) >= 11 is 0. The Morgan fingerprint density at radius 1 is 1.22 bits per heavy atom. The van der Waals surface area contributed by atoms with Gasteiger partial charge in [-0.15, -0.1) is 0 Å². The molecule has 106 valence electrons. The van der Waals surface area contributed by atoms with Crippen molar-refractivity contribution in [3.63, 3.8) is 0 Å². The second-order valence-electron chi connectivity index (χ2n) is 7.11. The molecule has 2 aliphatic rings. The van der Waals surface area contributed by atoms with E-state index in [4.69, 9.17) is 0 Å². The topological polar surface area (TPSA) is 15.3 Å². The van der Waals surface area contributed by atoms with Crippen molar-refractivity contribution >= 4 is 0 Å². The summed E-state index contributed by atoms with van der Waals surface area (Å²) in [5.41, 5.74) is 0.469. The van der Waals surface area contributed by atoms with Crippen molar-refractivity contribution in [1.29, 1.82) is 0 Å². The molecule has 0 bridgehead atoms. The minimum atomic E-state index is 0.469. The van der Waals surface area contributed by atoms with Crippen LogP contribution in [-0.4, -0.2) is 36.1 Å². The lowest BCUT2D eigenvalue weighted by Gasteiger charge is -2.43. The molecule has 3 unspecified atom stereocenters. The molecular formula is C16H32N2. The van der Waals surface area contributed by atoms with Crippen molar-refractivity contribution in [3.05, 3.63) is 0 Å². The smallest absolute Gasteiger partial charge is 0.0274 e. The molecule has 1 aliphatic carbocycles. The van der Waals surface area contributed by atoms with Gasteiger partial charge >= 0.3 is 0 Å². The van der Waals surface area contributed by atoms with Crippen LogP contribution in [0.2, 0.25) is 0 Å². The molecule has 1 saturated heterocycles. The molecule has 2 fully saturated rings. The van der Waals surface area contributed by atoms with Gasteiger partial charge in [0.25, 0.3) is 0 Å². The van der Waals surface area contributed by atoms with Crippen LogP contribution in [0.5, 0.6) is 0 Å². The van der Waals surface area contributed by atoms with E-state index in [1.165, 1.54) is 51.6 Å². The Morgan fingerprint density at radius 3 is 2.67 bits per heavy atom. The van der Waals surface area contributed by atoms with Gasteiger partial charge in [-0.1, -0.05) is 27.2 Å². The van der Waals surface area contributed by atoms with E-state index in [-0.39, 0.29) is 0 Å². The summed E-state index contributed by atoms with van der Waals surface area (Å²) in [5, 5.41) is 3.85. The van der Waals surface area contributed by atoms with Crippen LogP contribution in [0.15, 0.2) is 0 Å². The Balaban J connectivity index is 2.05. The van der Waals surface area contributed by atoms with Crippen molar-refractivity contribution in [1.82, 2.24) is 10.2 Å². The van der Waals surface area contributed by atoms with Gasteiger partial charge in [-0.3, -0.25) is 4.90 Å². The Hall–Kier alpha value is -0.0800. The van der Waals surface area contributed by atoms with E-state index in [9.17, 15) is 0 Å². The summed E-state index contributed by atoms with van der Waals surface area (Å²) in [5.74, 6) is 0. The summed E-state index contributed by atoms with van der Waals surface area (Å²) in [4.78, 5) is 2.81. The maximum absolute atomic E-state index is 3.85. The largest absolute Gasteiger partial charge is 0.312 e. The van der Waals surface area contributed by atoms with Crippen molar-refractivity contribution in [2.45, 2.75) is 84.3 Å². The van der Waals surface area contributed by atoms with Crippen molar-refractivity contribution in [2.24, 2.45) is 5.41 Å². The van der Waals surface area contributed by atoms with E-state index >= 15 is 0 Å². The van der Waals surface area contributed by atoms with Gasteiger partial charge in [-0.2, -0.15) is 0 Å². The molecule has 1 aliphatic heterocycles. The highest BCUT2D eigenvalue weighted by Gasteiger charge is 2.45. The Kier molecular flexibility index (Phi) is 4.71. The minimum absolute atomic E-state index is 0.469. The molecule has 2 rings (SSSR count). The van der Waals surface area contributed by atoms with E-state index in [1.54, 1.807) is 0 Å². The van der Waals surface area contributed by atoms with Crippen LogP contribution in [0.1, 0.15) is 66.2 Å². The van der Waals surface area contributed by atoms with Crippen LogP contribution < -0.4 is 5.32 Å². The molecule has 0 aromatic heterocycles. The molecule has 0 amide bonds. The normalized spacial score (nSPS) is 37.0. The van der Waals surface area contributed by atoms with Crippen molar-refractivity contribution in [3.8, 4) is 0 Å². The summed E-state index contributed by atoms with van der Waals surface area (Å²) in [6, 6.07) is 2.27. The molecule has 0 aromatic carbocycles. The van der Waals surface area contributed by atoms with Gasteiger partial charge in [-0.05, 0) is 57.5 Å². The number of nitrogens with one attached hydrogen (secondary N) is 1. The predicted molar refractivity (Wildman–Crippen MR) is 78.9 cm³/mol. The van der Waals surface area contributed by atoms with E-state index in [1.807, 2.05) is 0 Å². The fraction of sp³-hybridized carbons (Fsp3) is 1.00. The van der Waals surface area contributed by atoms with Gasteiger partial charge in [0.05, 0.1) is 0 Å². The summed E-state index contributed by atoms with van der Waals surface area (Å²) in [6.45, 7) is 12.1. The lowest BCUT2D eigenvalue weighted by Crippen LogP contribution is -2.55. The van der Waals surface area contributed by atoms with Crippen LogP contribution in [0.3, 0.4) is 0 Å². The maximum Gasteiger partial charge on any atom is 0.0274 e. The summed E-state index contributed by atoms with van der Waals surface area (Å²) in [7, 11) is 0. The Bertz CT molecular complexity index is 262. The minimum Gasteiger partial charge on any atom is -0.312 e. The first-order chi connectivity index (χ1) is 8.56. The van der Waals surface area contributed by atoms with E-state index in [2.05, 4.69) is 37.9 Å². The molecule has 1 saturated carbocycles. The number of likely N-dealkylation sites (tertiary alicyclic amines) is 1. The number of hydrogen-bond acceptors (Lipinski definition) is 2. The van der Waals surface area contributed by atoms with Gasteiger partial charge in [0.1, 0.15) is 0 Å². The van der Waals surface area contributed by atoms with Crippen LogP contribution in [0, 0.1) is 5.41 Å². The second-order valence-corrected chi connectivity index (χ2v) is 7.11. The SMILES string of the molecule is CCCNC1C(N2CCCCC2C)CCC1(C)C. The number of hydrogen-bond donors (Lipinski definition) is 1. The molecule has 2 nitrogen and oxygen atoms in total. The van der Waals surface area contributed by atoms with Gasteiger partial charge in [0.15, 0.2) is 0 Å². The van der Waals surface area contributed by atoms with E-state index in [0.717, 1.165) is 12.1 Å². The zero-order chi connectivity index (χ0) is 13.2. The third-order valence-electron chi connectivity index (χ3n) is 5.21. The van der Waals surface area contributed by atoms with Gasteiger partial charge in [0.2, 0.25) is 0 Å². The number of piperidine rings is 1. The van der Waals surface area contributed by atoms with Gasteiger partial charge < -0.3 is 5.32 Å². The molecule has 0 spiro atoms. The molecule has 2 heteroatoms. The first kappa shape index (κ1) is 14.3. The Labute approximate surface area is 114 Å². The third-order valence-corrected chi connectivity index (χ3v) is 5.21. The first-order valence-corrected chi connectivity index (χ1v) is 8.05. The van der Waals surface area contributed by atoms with E-state index < -0.39 is 0 Å². The maximum atomic E-state index is 3.85. The lowest BCUT2D eigenvalue weighted by atomic mass is 9.85. The highest BCUT2D eigenvalue weighted by molar-refractivity contribution is 5.02. The molecule has 18 heavy (non-hydrogen) atoms. The standard InChI is InChI=1S/C16H32N2/c1-5-11-17-15-14(9-10-16(15,3)4)18-12-7-6-8-13(18)2/h13-15,17H,5-12H2,1-4H3. The fourth-order valence-electron chi connectivity index (χ4n) is 4.05. The van der Waals surface area contributed by atoms with Gasteiger partial charge in [-0.25, -0.2) is 0 Å². The molecule has 0 aromatic rings. The second kappa shape index (κ2) is 5.92. The van der Waals surface area contributed by atoms with E-state index in [0.29, 0.717) is 11.5 Å². The zero-order valence-electron chi connectivity index (χ0n) is 12.8. The average Bonchev–Trinajstić information content (AvgIpc) is 2.63. The van der Waals surface area contributed by atoms with Crippen molar-refractivity contribution < 1.29 is 0 Å². The molecule has 0 radical (unpaired) electrons. The molecule has 1 N–H and O–H groups in total. The summed E-state index contributed by atoms with van der Waals surface area (Å²) in [6.07, 6.45) is 8.25. The van der Waals surface area contributed by atoms with Gasteiger partial charge in [0, 0.05) is 18.1 Å². The lowest BCUT2D eigenvalue weighted by molar-refractivity contribution is 0.0783. The first-order valence-electron chi connectivity index (χ1n) is 8.05. The summed E-state index contributed by atoms with van der Waals surface area (Å²) < 4.78 is 0. The predicted octanol–water partition coefficient (Wildman–Crippen LogP) is 3.42. The van der Waals surface area contributed by atoms with Crippen LogP contribution >= 0.6 is 0 Å². The Morgan fingerprint density at radius 2 is 2.00 bits per heavy atom. The molecular weight excluding hydrogens is 220 g/mol. The highest BCUT2D eigenvalue weighted by atomic mass is 15.2. The third kappa shape index (κ3) is 2.91. The highest BCUT2D eigenvalue weighted by Crippen LogP contribution is 2.41. The average molecular weight is 252 g/mol. The van der Waals surface area contributed by atoms with Crippen LogP contribution in [0.25, 0.3) is 0 Å².